The molecule has 2 fully saturated rings. The Labute approximate surface area is 151 Å². The van der Waals surface area contributed by atoms with Crippen molar-refractivity contribution in [3.63, 3.8) is 0 Å². The van der Waals surface area contributed by atoms with Gasteiger partial charge in [-0.05, 0) is 63.5 Å². The third-order valence-electron chi connectivity index (χ3n) is 5.29. The van der Waals surface area contributed by atoms with Crippen LogP contribution in [0.5, 0.6) is 5.88 Å². The van der Waals surface area contributed by atoms with Crippen LogP contribution in [0.2, 0.25) is 0 Å². The van der Waals surface area contributed by atoms with E-state index in [0.29, 0.717) is 54.8 Å². The molecular formula is C18H23F3N4O. The van der Waals surface area contributed by atoms with Crippen molar-refractivity contribution < 1.29 is 17.9 Å². The number of halogens is 3. The smallest absolute Gasteiger partial charge is 0.401 e. The minimum atomic E-state index is -4.10. The number of ether oxygens (including phenoxy) is 1. The Balaban J connectivity index is 1.37. The van der Waals surface area contributed by atoms with Crippen LogP contribution in [0.25, 0.3) is 0 Å². The van der Waals surface area contributed by atoms with Gasteiger partial charge >= 0.3 is 6.18 Å². The van der Waals surface area contributed by atoms with Gasteiger partial charge < -0.3 is 4.74 Å². The second-order valence-electron chi connectivity index (χ2n) is 7.28. The number of piperidine rings is 1. The van der Waals surface area contributed by atoms with Gasteiger partial charge in [-0.25, -0.2) is 4.98 Å². The molecule has 2 heterocycles. The van der Waals surface area contributed by atoms with Gasteiger partial charge in [-0.2, -0.15) is 23.4 Å². The summed E-state index contributed by atoms with van der Waals surface area (Å²) in [7, 11) is 0. The van der Waals surface area contributed by atoms with Gasteiger partial charge in [-0.15, -0.1) is 0 Å². The fraction of sp³-hybridized carbons (Fsp3) is 0.722. The SMILES string of the molecule is Cc1nc(C#N)cc(OCCC2CC2C2CCN(CC(F)(F)F)CC2)n1. The highest BCUT2D eigenvalue weighted by molar-refractivity contribution is 5.25. The lowest BCUT2D eigenvalue weighted by Gasteiger charge is -2.32. The number of nitriles is 1. The molecule has 142 valence electrons. The van der Waals surface area contributed by atoms with Crippen molar-refractivity contribution in [2.24, 2.45) is 17.8 Å². The fourth-order valence-corrected chi connectivity index (χ4v) is 3.96. The highest BCUT2D eigenvalue weighted by Crippen LogP contribution is 2.49. The fourth-order valence-electron chi connectivity index (χ4n) is 3.96. The van der Waals surface area contributed by atoms with E-state index in [1.807, 2.05) is 6.07 Å². The molecule has 1 aromatic heterocycles. The highest BCUT2D eigenvalue weighted by atomic mass is 19.4. The lowest BCUT2D eigenvalue weighted by atomic mass is 9.90. The van der Waals surface area contributed by atoms with Crippen molar-refractivity contribution in [3.8, 4) is 11.9 Å². The minimum absolute atomic E-state index is 0.294. The van der Waals surface area contributed by atoms with Crippen molar-refractivity contribution in [3.05, 3.63) is 17.6 Å². The Morgan fingerprint density at radius 3 is 2.69 bits per heavy atom. The molecule has 1 aromatic rings. The van der Waals surface area contributed by atoms with Gasteiger partial charge in [0.25, 0.3) is 0 Å². The molecule has 26 heavy (non-hydrogen) atoms. The van der Waals surface area contributed by atoms with Gasteiger partial charge in [0.05, 0.1) is 13.2 Å². The number of rotatable bonds is 6. The van der Waals surface area contributed by atoms with Gasteiger partial charge in [0.1, 0.15) is 17.6 Å². The van der Waals surface area contributed by atoms with Crippen LogP contribution in [0.1, 0.15) is 37.2 Å². The quantitative estimate of drug-likeness (QED) is 0.771. The Bertz CT molecular complexity index is 665. The van der Waals surface area contributed by atoms with Crippen LogP contribution in [0.4, 0.5) is 13.2 Å². The Morgan fingerprint density at radius 2 is 2.04 bits per heavy atom. The highest BCUT2D eigenvalue weighted by Gasteiger charge is 2.43. The maximum Gasteiger partial charge on any atom is 0.401 e. The summed E-state index contributed by atoms with van der Waals surface area (Å²) in [5.74, 6) is 2.68. The summed E-state index contributed by atoms with van der Waals surface area (Å²) < 4.78 is 43.0. The largest absolute Gasteiger partial charge is 0.478 e. The third kappa shape index (κ3) is 5.31. The molecule has 1 saturated heterocycles. The van der Waals surface area contributed by atoms with Crippen LogP contribution in [0.3, 0.4) is 0 Å². The number of alkyl halides is 3. The predicted octanol–water partition coefficient (Wildman–Crippen LogP) is 3.34. The second kappa shape index (κ2) is 7.78. The van der Waals surface area contributed by atoms with Crippen molar-refractivity contribution in [1.82, 2.24) is 14.9 Å². The van der Waals surface area contributed by atoms with Gasteiger partial charge in [0, 0.05) is 6.07 Å². The van der Waals surface area contributed by atoms with Crippen LogP contribution in [-0.4, -0.2) is 47.3 Å². The zero-order chi connectivity index (χ0) is 18.7. The number of aromatic nitrogens is 2. The maximum atomic E-state index is 12.4. The van der Waals surface area contributed by atoms with Gasteiger partial charge in [-0.3, -0.25) is 4.90 Å². The Hall–Kier alpha value is -1.88. The summed E-state index contributed by atoms with van der Waals surface area (Å²) in [5, 5.41) is 8.91. The molecule has 0 amide bonds. The van der Waals surface area contributed by atoms with E-state index in [1.165, 1.54) is 11.0 Å². The van der Waals surface area contributed by atoms with Gasteiger partial charge in [0.15, 0.2) is 0 Å². The van der Waals surface area contributed by atoms with Crippen LogP contribution in [0, 0.1) is 36.0 Å². The molecule has 1 saturated carbocycles. The molecule has 0 N–H and O–H groups in total. The number of hydrogen-bond donors (Lipinski definition) is 0. The summed E-state index contributed by atoms with van der Waals surface area (Å²) in [5.41, 5.74) is 0.294. The van der Waals surface area contributed by atoms with Crippen LogP contribution in [-0.2, 0) is 0 Å². The lowest BCUT2D eigenvalue weighted by Crippen LogP contribution is -2.40. The average molecular weight is 368 g/mol. The normalized spacial score (nSPS) is 24.3. The van der Waals surface area contributed by atoms with E-state index in [4.69, 9.17) is 10.00 Å². The monoisotopic (exact) mass is 368 g/mol. The van der Waals surface area contributed by atoms with E-state index in [1.54, 1.807) is 6.92 Å². The van der Waals surface area contributed by atoms with Crippen molar-refractivity contribution in [1.29, 1.82) is 5.26 Å². The molecule has 0 spiro atoms. The molecule has 0 bridgehead atoms. The van der Waals surface area contributed by atoms with Crippen molar-refractivity contribution in [2.45, 2.75) is 38.8 Å². The Morgan fingerprint density at radius 1 is 1.31 bits per heavy atom. The first kappa shape index (κ1) is 18.9. The first-order chi connectivity index (χ1) is 12.3. The van der Waals surface area contributed by atoms with Crippen LogP contribution < -0.4 is 4.74 Å². The molecule has 5 nitrogen and oxygen atoms in total. The molecular weight excluding hydrogens is 345 g/mol. The van der Waals surface area contributed by atoms with E-state index in [0.717, 1.165) is 25.7 Å². The van der Waals surface area contributed by atoms with E-state index in [-0.39, 0.29) is 0 Å². The summed E-state index contributed by atoms with van der Waals surface area (Å²) in [6.07, 6.45) is -0.335. The van der Waals surface area contributed by atoms with Crippen LogP contribution in [0.15, 0.2) is 6.07 Å². The van der Waals surface area contributed by atoms with E-state index < -0.39 is 12.7 Å². The Kier molecular flexibility index (Phi) is 5.66. The molecule has 8 heteroatoms. The van der Waals surface area contributed by atoms with E-state index in [2.05, 4.69) is 9.97 Å². The lowest BCUT2D eigenvalue weighted by molar-refractivity contribution is -0.148. The number of hydrogen-bond acceptors (Lipinski definition) is 5. The van der Waals surface area contributed by atoms with E-state index in [9.17, 15) is 13.2 Å². The van der Waals surface area contributed by atoms with Crippen molar-refractivity contribution >= 4 is 0 Å². The topological polar surface area (TPSA) is 62.0 Å². The third-order valence-corrected chi connectivity index (χ3v) is 5.29. The summed E-state index contributed by atoms with van der Waals surface area (Å²) in [4.78, 5) is 9.66. The number of aryl methyl sites for hydroxylation is 1. The molecule has 3 rings (SSSR count). The molecule has 2 aliphatic rings. The van der Waals surface area contributed by atoms with E-state index >= 15 is 0 Å². The summed E-state index contributed by atoms with van der Waals surface area (Å²) in [6, 6.07) is 3.52. The molecule has 2 unspecified atom stereocenters. The minimum Gasteiger partial charge on any atom is -0.478 e. The van der Waals surface area contributed by atoms with Crippen LogP contribution >= 0.6 is 0 Å². The predicted molar refractivity (Wildman–Crippen MR) is 88.4 cm³/mol. The van der Waals surface area contributed by atoms with Gasteiger partial charge in [-0.1, -0.05) is 0 Å². The summed E-state index contributed by atoms with van der Waals surface area (Å²) >= 11 is 0. The zero-order valence-electron chi connectivity index (χ0n) is 14.8. The first-order valence-corrected chi connectivity index (χ1v) is 9.02. The average Bonchev–Trinajstić information content (AvgIpc) is 3.33. The number of likely N-dealkylation sites (tertiary alicyclic amines) is 1. The molecule has 1 aliphatic heterocycles. The second-order valence-corrected chi connectivity index (χ2v) is 7.28. The first-order valence-electron chi connectivity index (χ1n) is 9.02. The number of nitrogens with zero attached hydrogens (tertiary/aromatic N) is 4. The molecule has 0 aromatic carbocycles. The summed E-state index contributed by atoms with van der Waals surface area (Å²) in [6.45, 7) is 2.55. The van der Waals surface area contributed by atoms with Crippen molar-refractivity contribution in [2.75, 3.05) is 26.2 Å². The molecule has 2 atom stereocenters. The zero-order valence-corrected chi connectivity index (χ0v) is 14.8. The molecule has 0 radical (unpaired) electrons. The van der Waals surface area contributed by atoms with Gasteiger partial charge in [0.2, 0.25) is 5.88 Å². The maximum absolute atomic E-state index is 12.4. The molecule has 1 aliphatic carbocycles. The standard InChI is InChI=1S/C18H23F3N4O/c1-12-23-15(10-22)9-17(24-12)26-7-4-14-8-16(14)13-2-5-25(6-3-13)11-18(19,20)21/h9,13-14,16H,2-8,11H2,1H3.